The Hall–Kier alpha value is -2.18. The standard InChI is InChI=1S/C22H22N2O2S2/c1-3-26-18-9-7-17(8-10-18)24-21(25)20-19(11-12-27-20)23-22(24)28-14-16-6-4-5-15(2)13-16/h4-10,13H,3,11-12,14H2,1-2H3. The maximum atomic E-state index is 13.2. The van der Waals surface area contributed by atoms with Crippen LogP contribution >= 0.6 is 23.5 Å². The number of aryl methyl sites for hydroxylation is 2. The van der Waals surface area contributed by atoms with Gasteiger partial charge in [0.15, 0.2) is 5.16 Å². The lowest BCUT2D eigenvalue weighted by Gasteiger charge is -2.14. The van der Waals surface area contributed by atoms with E-state index < -0.39 is 0 Å². The van der Waals surface area contributed by atoms with Gasteiger partial charge in [0, 0.05) is 17.9 Å². The lowest BCUT2D eigenvalue weighted by atomic mass is 10.2. The molecule has 0 unspecified atom stereocenters. The number of thioether (sulfide) groups is 2. The predicted molar refractivity (Wildman–Crippen MR) is 116 cm³/mol. The molecule has 0 spiro atoms. The Kier molecular flexibility index (Phi) is 5.78. The fraction of sp³-hybridized carbons (Fsp3) is 0.273. The minimum atomic E-state index is 0.0309. The molecule has 4 nitrogen and oxygen atoms in total. The van der Waals surface area contributed by atoms with Crippen LogP contribution < -0.4 is 10.3 Å². The van der Waals surface area contributed by atoms with Crippen LogP contribution in [-0.2, 0) is 12.2 Å². The second-order valence-corrected chi connectivity index (χ2v) is 8.66. The van der Waals surface area contributed by atoms with Crippen LogP contribution in [0.4, 0.5) is 0 Å². The summed E-state index contributed by atoms with van der Waals surface area (Å²) in [6.45, 7) is 4.67. The average molecular weight is 411 g/mol. The number of nitrogens with zero attached hydrogens (tertiary/aromatic N) is 2. The Morgan fingerprint density at radius 3 is 2.79 bits per heavy atom. The topological polar surface area (TPSA) is 44.1 Å². The van der Waals surface area contributed by atoms with Crippen LogP contribution in [0.15, 0.2) is 63.4 Å². The van der Waals surface area contributed by atoms with E-state index in [9.17, 15) is 4.79 Å². The third-order valence-electron chi connectivity index (χ3n) is 4.52. The summed E-state index contributed by atoms with van der Waals surface area (Å²) >= 11 is 3.22. The van der Waals surface area contributed by atoms with Crippen molar-refractivity contribution in [3.8, 4) is 11.4 Å². The summed E-state index contributed by atoms with van der Waals surface area (Å²) in [6, 6.07) is 16.1. The number of hydrogen-bond donors (Lipinski definition) is 0. The van der Waals surface area contributed by atoms with Crippen molar-refractivity contribution >= 4 is 23.5 Å². The molecule has 0 fully saturated rings. The highest BCUT2D eigenvalue weighted by atomic mass is 32.2. The van der Waals surface area contributed by atoms with E-state index in [-0.39, 0.29) is 5.56 Å². The molecule has 4 rings (SSSR count). The molecule has 0 atom stereocenters. The molecule has 0 bridgehead atoms. The third-order valence-corrected chi connectivity index (χ3v) is 6.64. The van der Waals surface area contributed by atoms with Gasteiger partial charge in [0.05, 0.1) is 22.9 Å². The van der Waals surface area contributed by atoms with Crippen LogP contribution in [0.2, 0.25) is 0 Å². The van der Waals surface area contributed by atoms with Crippen molar-refractivity contribution < 1.29 is 4.74 Å². The van der Waals surface area contributed by atoms with E-state index in [0.29, 0.717) is 6.61 Å². The van der Waals surface area contributed by atoms with Crippen LogP contribution in [0.25, 0.3) is 5.69 Å². The van der Waals surface area contributed by atoms with E-state index >= 15 is 0 Å². The van der Waals surface area contributed by atoms with Gasteiger partial charge >= 0.3 is 0 Å². The Balaban J connectivity index is 1.72. The van der Waals surface area contributed by atoms with Crippen molar-refractivity contribution in [3.05, 3.63) is 75.7 Å². The van der Waals surface area contributed by atoms with Gasteiger partial charge < -0.3 is 4.74 Å². The van der Waals surface area contributed by atoms with Crippen LogP contribution in [0.5, 0.6) is 5.75 Å². The largest absolute Gasteiger partial charge is 0.494 e. The van der Waals surface area contributed by atoms with E-state index in [0.717, 1.165) is 45.1 Å². The van der Waals surface area contributed by atoms with Gasteiger partial charge in [-0.3, -0.25) is 9.36 Å². The first-order chi connectivity index (χ1) is 13.7. The van der Waals surface area contributed by atoms with Gasteiger partial charge in [-0.25, -0.2) is 4.98 Å². The van der Waals surface area contributed by atoms with Crippen LogP contribution in [0.1, 0.15) is 23.7 Å². The molecule has 28 heavy (non-hydrogen) atoms. The third kappa shape index (κ3) is 3.98. The monoisotopic (exact) mass is 410 g/mol. The van der Waals surface area contributed by atoms with Crippen molar-refractivity contribution in [2.75, 3.05) is 12.4 Å². The zero-order valence-corrected chi connectivity index (χ0v) is 17.6. The molecule has 0 aliphatic carbocycles. The molecular weight excluding hydrogens is 388 g/mol. The zero-order chi connectivity index (χ0) is 19.5. The van der Waals surface area contributed by atoms with E-state index in [1.807, 2.05) is 31.2 Å². The van der Waals surface area contributed by atoms with E-state index in [1.54, 1.807) is 28.1 Å². The molecule has 3 aromatic rings. The molecule has 0 radical (unpaired) electrons. The molecule has 1 aliphatic rings. The lowest BCUT2D eigenvalue weighted by Crippen LogP contribution is -2.23. The Morgan fingerprint density at radius 2 is 2.04 bits per heavy atom. The number of rotatable bonds is 6. The van der Waals surface area contributed by atoms with Crippen LogP contribution in [0.3, 0.4) is 0 Å². The zero-order valence-electron chi connectivity index (χ0n) is 16.0. The molecule has 144 valence electrons. The fourth-order valence-corrected chi connectivity index (χ4v) is 5.22. The van der Waals surface area contributed by atoms with E-state index in [2.05, 4.69) is 31.2 Å². The number of aromatic nitrogens is 2. The molecule has 1 aromatic heterocycles. The highest BCUT2D eigenvalue weighted by molar-refractivity contribution is 7.99. The van der Waals surface area contributed by atoms with Gasteiger partial charge in [0.2, 0.25) is 0 Å². The van der Waals surface area contributed by atoms with Gasteiger partial charge in [-0.05, 0) is 43.7 Å². The first-order valence-electron chi connectivity index (χ1n) is 9.36. The Bertz CT molecular complexity index is 1050. The molecule has 6 heteroatoms. The molecule has 0 N–H and O–H groups in total. The summed E-state index contributed by atoms with van der Waals surface area (Å²) in [4.78, 5) is 18.9. The minimum absolute atomic E-state index is 0.0309. The quantitative estimate of drug-likeness (QED) is 0.428. The second kappa shape index (κ2) is 8.45. The van der Waals surface area contributed by atoms with Crippen LogP contribution in [-0.4, -0.2) is 21.9 Å². The van der Waals surface area contributed by atoms with Crippen molar-refractivity contribution in [1.29, 1.82) is 0 Å². The van der Waals surface area contributed by atoms with Crippen molar-refractivity contribution in [2.45, 2.75) is 36.1 Å². The van der Waals surface area contributed by atoms with Gasteiger partial charge in [0.25, 0.3) is 5.56 Å². The molecule has 2 aromatic carbocycles. The van der Waals surface area contributed by atoms with Crippen LogP contribution in [0, 0.1) is 6.92 Å². The molecule has 0 saturated heterocycles. The maximum absolute atomic E-state index is 13.2. The van der Waals surface area contributed by atoms with Gasteiger partial charge in [-0.15, -0.1) is 11.8 Å². The first kappa shape index (κ1) is 19.2. The van der Waals surface area contributed by atoms with Gasteiger partial charge in [0.1, 0.15) is 5.75 Å². The maximum Gasteiger partial charge on any atom is 0.272 e. The highest BCUT2D eigenvalue weighted by Gasteiger charge is 2.22. The summed E-state index contributed by atoms with van der Waals surface area (Å²) in [5.74, 6) is 2.50. The number of ether oxygens (including phenoxy) is 1. The highest BCUT2D eigenvalue weighted by Crippen LogP contribution is 2.31. The fourth-order valence-electron chi connectivity index (χ4n) is 3.22. The molecule has 0 saturated carbocycles. The van der Waals surface area contributed by atoms with Crippen molar-refractivity contribution in [2.24, 2.45) is 0 Å². The molecule has 0 amide bonds. The van der Waals surface area contributed by atoms with Gasteiger partial charge in [-0.2, -0.15) is 0 Å². The summed E-state index contributed by atoms with van der Waals surface area (Å²) in [5.41, 5.74) is 4.25. The van der Waals surface area contributed by atoms with Gasteiger partial charge in [-0.1, -0.05) is 41.6 Å². The Labute approximate surface area is 173 Å². The molecule has 1 aliphatic heterocycles. The molecule has 2 heterocycles. The second-order valence-electron chi connectivity index (χ2n) is 6.61. The summed E-state index contributed by atoms with van der Waals surface area (Å²) in [7, 11) is 0. The van der Waals surface area contributed by atoms with Crippen molar-refractivity contribution in [3.63, 3.8) is 0 Å². The number of hydrogen-bond acceptors (Lipinski definition) is 5. The molecular formula is C22H22N2O2S2. The SMILES string of the molecule is CCOc1ccc(-n2c(SCc3cccc(C)c3)nc3c(c2=O)SCC3)cc1. The average Bonchev–Trinajstić information content (AvgIpc) is 3.17. The van der Waals surface area contributed by atoms with Crippen molar-refractivity contribution in [1.82, 2.24) is 9.55 Å². The predicted octanol–water partition coefficient (Wildman–Crippen LogP) is 4.88. The van der Waals surface area contributed by atoms with E-state index in [1.165, 1.54) is 11.1 Å². The summed E-state index contributed by atoms with van der Waals surface area (Å²) in [6.07, 6.45) is 0.858. The first-order valence-corrected chi connectivity index (χ1v) is 11.3. The summed E-state index contributed by atoms with van der Waals surface area (Å²) < 4.78 is 7.28. The smallest absolute Gasteiger partial charge is 0.272 e. The number of benzene rings is 2. The van der Waals surface area contributed by atoms with E-state index in [4.69, 9.17) is 9.72 Å². The number of fused-ring (bicyclic) bond motifs is 1. The normalized spacial score (nSPS) is 12.8. The Morgan fingerprint density at radius 1 is 1.21 bits per heavy atom. The summed E-state index contributed by atoms with van der Waals surface area (Å²) in [5, 5.41) is 0.747. The minimum Gasteiger partial charge on any atom is -0.494 e. The lowest BCUT2D eigenvalue weighted by molar-refractivity contribution is 0.340.